The molecular weight excluding hydrogens is 264 g/mol. The highest BCUT2D eigenvalue weighted by molar-refractivity contribution is 5.97. The number of carbonyl (C=O) groups is 2. The van der Waals surface area contributed by atoms with E-state index in [1.807, 2.05) is 25.7 Å². The lowest BCUT2D eigenvalue weighted by Crippen LogP contribution is -2.65. The largest absolute Gasteiger partial charge is 0.343 e. The molecule has 0 aromatic carbocycles. The number of piperazine rings is 1. The van der Waals surface area contributed by atoms with E-state index in [0.29, 0.717) is 12.3 Å². The zero-order valence-corrected chi connectivity index (χ0v) is 13.9. The minimum absolute atomic E-state index is 0.0281. The molecule has 0 bridgehead atoms. The Morgan fingerprint density at radius 3 is 2.57 bits per heavy atom. The van der Waals surface area contributed by atoms with Crippen LogP contribution < -0.4 is 5.32 Å². The molecule has 1 heterocycles. The highest BCUT2D eigenvalue weighted by Gasteiger charge is 2.42. The zero-order chi connectivity index (χ0) is 15.6. The number of hydrogen-bond donors (Lipinski definition) is 1. The summed E-state index contributed by atoms with van der Waals surface area (Å²) in [5, 5.41) is 2.89. The van der Waals surface area contributed by atoms with E-state index in [1.54, 1.807) is 0 Å². The van der Waals surface area contributed by atoms with Crippen LogP contribution in [0.3, 0.4) is 0 Å². The normalized spacial score (nSPS) is 34.2. The first-order valence-corrected chi connectivity index (χ1v) is 8.54. The van der Waals surface area contributed by atoms with Crippen molar-refractivity contribution in [3.05, 3.63) is 0 Å². The van der Waals surface area contributed by atoms with Gasteiger partial charge in [-0.15, -0.1) is 0 Å². The highest BCUT2D eigenvalue weighted by Crippen LogP contribution is 2.31. The van der Waals surface area contributed by atoms with Gasteiger partial charge in [-0.3, -0.25) is 9.59 Å². The van der Waals surface area contributed by atoms with Gasteiger partial charge in [-0.1, -0.05) is 40.5 Å². The van der Waals surface area contributed by atoms with Gasteiger partial charge in [-0.05, 0) is 37.0 Å². The zero-order valence-electron chi connectivity index (χ0n) is 13.9. The number of nitrogens with one attached hydrogen (secondary N) is 1. The number of rotatable bonds is 4. The Morgan fingerprint density at radius 2 is 2.00 bits per heavy atom. The Morgan fingerprint density at radius 1 is 1.29 bits per heavy atom. The molecule has 1 aliphatic carbocycles. The lowest BCUT2D eigenvalue weighted by molar-refractivity contribution is -0.152. The van der Waals surface area contributed by atoms with Crippen LogP contribution in [0.4, 0.5) is 0 Å². The molecule has 4 unspecified atom stereocenters. The molecule has 1 saturated heterocycles. The van der Waals surface area contributed by atoms with E-state index in [2.05, 4.69) is 12.2 Å². The van der Waals surface area contributed by atoms with Crippen molar-refractivity contribution in [2.45, 2.75) is 71.9 Å². The first-order chi connectivity index (χ1) is 9.93. The molecule has 4 heteroatoms. The van der Waals surface area contributed by atoms with Gasteiger partial charge in [0.1, 0.15) is 12.1 Å². The van der Waals surface area contributed by atoms with Crippen LogP contribution >= 0.6 is 0 Å². The van der Waals surface area contributed by atoms with Crippen LogP contribution in [0.2, 0.25) is 0 Å². The first kappa shape index (κ1) is 16.3. The second-order valence-electron chi connectivity index (χ2n) is 7.29. The molecule has 2 rings (SSSR count). The third-order valence-corrected chi connectivity index (χ3v) is 5.04. The van der Waals surface area contributed by atoms with Gasteiger partial charge in [0.25, 0.3) is 0 Å². The van der Waals surface area contributed by atoms with E-state index < -0.39 is 0 Å². The second kappa shape index (κ2) is 6.80. The van der Waals surface area contributed by atoms with E-state index in [0.717, 1.165) is 12.5 Å². The van der Waals surface area contributed by atoms with Crippen molar-refractivity contribution in [1.29, 1.82) is 0 Å². The fourth-order valence-electron chi connectivity index (χ4n) is 3.94. The fraction of sp³-hybridized carbons (Fsp3) is 0.882. The Kier molecular flexibility index (Phi) is 5.28. The summed E-state index contributed by atoms with van der Waals surface area (Å²) in [5.41, 5.74) is 0. The number of carbonyl (C=O) groups excluding carboxylic acids is 2. The predicted molar refractivity (Wildman–Crippen MR) is 83.7 cm³/mol. The van der Waals surface area contributed by atoms with E-state index in [9.17, 15) is 9.59 Å². The molecule has 21 heavy (non-hydrogen) atoms. The molecule has 2 amide bonds. The van der Waals surface area contributed by atoms with Crippen LogP contribution in [0, 0.1) is 17.8 Å². The van der Waals surface area contributed by atoms with Crippen molar-refractivity contribution in [2.24, 2.45) is 17.8 Å². The summed E-state index contributed by atoms with van der Waals surface area (Å²) in [6.07, 6.45) is 5.61. The maximum atomic E-state index is 12.7. The SMILES string of the molecule is CCC1NC(=O)C(C(C)C)N(CC2CCCC(C)C2)C1=O. The Bertz CT molecular complexity index is 394. The molecule has 1 aliphatic heterocycles. The van der Waals surface area contributed by atoms with Crippen LogP contribution in [0.15, 0.2) is 0 Å². The van der Waals surface area contributed by atoms with Crippen LogP contribution in [-0.2, 0) is 9.59 Å². The summed E-state index contributed by atoms with van der Waals surface area (Å²) in [4.78, 5) is 26.9. The van der Waals surface area contributed by atoms with Crippen molar-refractivity contribution in [3.8, 4) is 0 Å². The van der Waals surface area contributed by atoms with E-state index >= 15 is 0 Å². The van der Waals surface area contributed by atoms with Gasteiger partial charge < -0.3 is 10.2 Å². The average Bonchev–Trinajstić information content (AvgIpc) is 2.42. The van der Waals surface area contributed by atoms with Gasteiger partial charge in [0.05, 0.1) is 0 Å². The van der Waals surface area contributed by atoms with Crippen LogP contribution in [0.1, 0.15) is 59.8 Å². The molecule has 0 aromatic rings. The van der Waals surface area contributed by atoms with Crippen molar-refractivity contribution in [1.82, 2.24) is 10.2 Å². The molecule has 1 N–H and O–H groups in total. The second-order valence-corrected chi connectivity index (χ2v) is 7.29. The van der Waals surface area contributed by atoms with Gasteiger partial charge in [0.2, 0.25) is 11.8 Å². The van der Waals surface area contributed by atoms with Gasteiger partial charge in [-0.2, -0.15) is 0 Å². The number of hydrogen-bond acceptors (Lipinski definition) is 2. The Balaban J connectivity index is 2.13. The van der Waals surface area contributed by atoms with Gasteiger partial charge in [0.15, 0.2) is 0 Å². The highest BCUT2D eigenvalue weighted by atomic mass is 16.2. The fourth-order valence-corrected chi connectivity index (χ4v) is 3.94. The summed E-state index contributed by atoms with van der Waals surface area (Å²) >= 11 is 0. The maximum absolute atomic E-state index is 12.7. The minimum atomic E-state index is -0.325. The third kappa shape index (κ3) is 3.58. The van der Waals surface area contributed by atoms with E-state index in [-0.39, 0.29) is 29.8 Å². The standard InChI is InChI=1S/C17H30N2O2/c1-5-14-17(21)19(15(11(2)3)16(20)18-14)10-13-8-6-7-12(4)9-13/h11-15H,5-10H2,1-4H3,(H,18,20). The van der Waals surface area contributed by atoms with Crippen molar-refractivity contribution < 1.29 is 9.59 Å². The topological polar surface area (TPSA) is 49.4 Å². The van der Waals surface area contributed by atoms with Crippen molar-refractivity contribution in [2.75, 3.05) is 6.54 Å². The average molecular weight is 294 g/mol. The summed E-state index contributed by atoms with van der Waals surface area (Å²) < 4.78 is 0. The lowest BCUT2D eigenvalue weighted by atomic mass is 9.81. The van der Waals surface area contributed by atoms with Crippen LogP contribution in [0.5, 0.6) is 0 Å². The molecule has 1 saturated carbocycles. The quantitative estimate of drug-likeness (QED) is 0.866. The number of nitrogens with zero attached hydrogens (tertiary/aromatic N) is 1. The smallest absolute Gasteiger partial charge is 0.245 e. The van der Waals surface area contributed by atoms with Crippen molar-refractivity contribution in [3.63, 3.8) is 0 Å². The minimum Gasteiger partial charge on any atom is -0.343 e. The van der Waals surface area contributed by atoms with Gasteiger partial charge in [-0.25, -0.2) is 0 Å². The molecular formula is C17H30N2O2. The molecule has 4 atom stereocenters. The Labute approximate surface area is 128 Å². The molecule has 0 spiro atoms. The molecule has 120 valence electrons. The van der Waals surface area contributed by atoms with E-state index in [4.69, 9.17) is 0 Å². The summed E-state index contributed by atoms with van der Waals surface area (Å²) in [7, 11) is 0. The van der Waals surface area contributed by atoms with E-state index in [1.165, 1.54) is 25.7 Å². The summed E-state index contributed by atoms with van der Waals surface area (Å²) in [6.45, 7) is 9.07. The molecule has 2 aliphatic rings. The summed E-state index contributed by atoms with van der Waals surface area (Å²) in [6, 6.07) is -0.619. The third-order valence-electron chi connectivity index (χ3n) is 5.04. The Hall–Kier alpha value is -1.06. The summed E-state index contributed by atoms with van der Waals surface area (Å²) in [5.74, 6) is 1.61. The molecule has 0 radical (unpaired) electrons. The number of amides is 2. The maximum Gasteiger partial charge on any atom is 0.245 e. The first-order valence-electron chi connectivity index (χ1n) is 8.54. The van der Waals surface area contributed by atoms with Crippen LogP contribution in [-0.4, -0.2) is 35.3 Å². The van der Waals surface area contributed by atoms with Crippen molar-refractivity contribution >= 4 is 11.8 Å². The van der Waals surface area contributed by atoms with Gasteiger partial charge in [0, 0.05) is 6.54 Å². The molecule has 0 aromatic heterocycles. The molecule has 2 fully saturated rings. The van der Waals surface area contributed by atoms with Gasteiger partial charge >= 0.3 is 0 Å². The lowest BCUT2D eigenvalue weighted by Gasteiger charge is -2.43. The molecule has 4 nitrogen and oxygen atoms in total. The predicted octanol–water partition coefficient (Wildman–Crippen LogP) is 2.57. The monoisotopic (exact) mass is 294 g/mol. The van der Waals surface area contributed by atoms with Crippen LogP contribution in [0.25, 0.3) is 0 Å².